The highest BCUT2D eigenvalue weighted by Gasteiger charge is 2.38. The summed E-state index contributed by atoms with van der Waals surface area (Å²) in [5.74, 6) is -2.06. The van der Waals surface area contributed by atoms with Crippen molar-refractivity contribution in [3.63, 3.8) is 0 Å². The number of halogens is 3. The van der Waals surface area contributed by atoms with Gasteiger partial charge in [0.1, 0.15) is 0 Å². The van der Waals surface area contributed by atoms with E-state index in [0.717, 1.165) is 11.3 Å². The van der Waals surface area contributed by atoms with Crippen molar-refractivity contribution in [3.05, 3.63) is 84.3 Å². The summed E-state index contributed by atoms with van der Waals surface area (Å²) in [5, 5.41) is 6.11. The lowest BCUT2D eigenvalue weighted by molar-refractivity contribution is -0.159. The van der Waals surface area contributed by atoms with Crippen LogP contribution in [0, 0.1) is 0 Å². The molecule has 0 saturated carbocycles. The topological polar surface area (TPSA) is 85.8 Å². The average molecular weight is 413 g/mol. The second-order valence-electron chi connectivity index (χ2n) is 6.32. The number of carbonyl (C=O) groups excluding carboxylic acids is 1. The molecule has 4 rings (SSSR count). The van der Waals surface area contributed by atoms with Gasteiger partial charge in [0.25, 0.3) is 5.91 Å². The first-order valence-corrected chi connectivity index (χ1v) is 8.77. The maximum atomic E-state index is 12.6. The highest BCUT2D eigenvalue weighted by atomic mass is 19.4. The normalized spacial score (nSPS) is 11.4. The number of benzene rings is 2. The van der Waals surface area contributed by atoms with E-state index in [9.17, 15) is 18.0 Å². The van der Waals surface area contributed by atoms with E-state index in [1.54, 1.807) is 18.6 Å². The van der Waals surface area contributed by atoms with E-state index in [1.165, 1.54) is 18.2 Å². The van der Waals surface area contributed by atoms with Crippen molar-refractivity contribution >= 4 is 5.91 Å². The fourth-order valence-corrected chi connectivity index (χ4v) is 2.74. The monoisotopic (exact) mass is 413 g/mol. The predicted octanol–water partition coefficient (Wildman–Crippen LogP) is 3.87. The van der Waals surface area contributed by atoms with E-state index in [4.69, 9.17) is 0 Å². The summed E-state index contributed by atoms with van der Waals surface area (Å²) in [4.78, 5) is 19.8. The zero-order valence-corrected chi connectivity index (χ0v) is 15.3. The largest absolute Gasteiger partial charge is 0.471 e. The average Bonchev–Trinajstić information content (AvgIpc) is 3.44. The van der Waals surface area contributed by atoms with Gasteiger partial charge < -0.3 is 14.4 Å². The number of carbonyl (C=O) groups is 1. The fraction of sp³-hybridized carbons (Fsp3) is 0.100. The molecule has 2 aromatic heterocycles. The van der Waals surface area contributed by atoms with Crippen molar-refractivity contribution in [2.45, 2.75) is 12.7 Å². The van der Waals surface area contributed by atoms with Crippen molar-refractivity contribution in [3.8, 4) is 17.1 Å². The molecule has 0 aliphatic heterocycles. The van der Waals surface area contributed by atoms with Crippen molar-refractivity contribution in [2.24, 2.45) is 0 Å². The van der Waals surface area contributed by atoms with E-state index in [0.29, 0.717) is 0 Å². The molecule has 0 aliphatic rings. The third kappa shape index (κ3) is 4.22. The second kappa shape index (κ2) is 7.82. The second-order valence-corrected chi connectivity index (χ2v) is 6.32. The van der Waals surface area contributed by atoms with Crippen molar-refractivity contribution in [1.82, 2.24) is 25.0 Å². The molecule has 0 fully saturated rings. The molecule has 0 radical (unpaired) electrons. The van der Waals surface area contributed by atoms with Gasteiger partial charge in [-0.25, -0.2) is 4.98 Å². The van der Waals surface area contributed by atoms with Gasteiger partial charge in [-0.1, -0.05) is 29.4 Å². The summed E-state index contributed by atoms with van der Waals surface area (Å²) in [5.41, 5.74) is 2.33. The standard InChI is InChI=1S/C20H14F3N5O2/c21-20(22,23)19-26-17(27-30-19)14-2-1-3-15(10-14)18(29)25-11-13-4-6-16(7-5-13)28-9-8-24-12-28/h1-10,12H,11H2,(H,25,29). The minimum absolute atomic E-state index is 0.242. The fourth-order valence-electron chi connectivity index (χ4n) is 2.74. The van der Waals surface area contributed by atoms with Gasteiger partial charge in [-0.3, -0.25) is 4.79 Å². The minimum atomic E-state index is -4.73. The number of alkyl halides is 3. The van der Waals surface area contributed by atoms with Crippen molar-refractivity contribution < 1.29 is 22.5 Å². The van der Waals surface area contributed by atoms with Gasteiger partial charge in [-0.2, -0.15) is 18.2 Å². The summed E-state index contributed by atoms with van der Waals surface area (Å²) in [6, 6.07) is 13.5. The number of hydrogen-bond donors (Lipinski definition) is 1. The molecule has 7 nitrogen and oxygen atoms in total. The summed E-state index contributed by atoms with van der Waals surface area (Å²) >= 11 is 0. The lowest BCUT2D eigenvalue weighted by atomic mass is 10.1. The molecule has 0 unspecified atom stereocenters. The Hall–Kier alpha value is -3.95. The van der Waals surface area contributed by atoms with Gasteiger partial charge in [0.05, 0.1) is 6.33 Å². The van der Waals surface area contributed by atoms with Crippen LogP contribution in [0.1, 0.15) is 21.8 Å². The van der Waals surface area contributed by atoms with Crippen LogP contribution < -0.4 is 5.32 Å². The first-order valence-electron chi connectivity index (χ1n) is 8.77. The van der Waals surface area contributed by atoms with Crippen LogP contribution in [-0.2, 0) is 12.7 Å². The van der Waals surface area contributed by atoms with Crippen LogP contribution in [0.4, 0.5) is 13.2 Å². The Morgan fingerprint density at radius 1 is 1.13 bits per heavy atom. The van der Waals surface area contributed by atoms with E-state index >= 15 is 0 Å². The smallest absolute Gasteiger partial charge is 0.348 e. The Bertz CT molecular complexity index is 1150. The Balaban J connectivity index is 1.43. The Labute approximate surface area is 168 Å². The molecule has 1 amide bonds. The molecule has 0 spiro atoms. The molecule has 0 aliphatic carbocycles. The van der Waals surface area contributed by atoms with Crippen molar-refractivity contribution in [1.29, 1.82) is 0 Å². The SMILES string of the molecule is O=C(NCc1ccc(-n2ccnc2)cc1)c1cccc(-c2noc(C(F)(F)F)n2)c1. The maximum absolute atomic E-state index is 12.6. The molecule has 152 valence electrons. The van der Waals surface area contributed by atoms with Gasteiger partial charge in [0, 0.05) is 35.8 Å². The molecule has 30 heavy (non-hydrogen) atoms. The van der Waals surface area contributed by atoms with Crippen LogP contribution in [0.15, 0.2) is 71.8 Å². The summed E-state index contributed by atoms with van der Waals surface area (Å²) < 4.78 is 44.0. The van der Waals surface area contributed by atoms with Crippen LogP contribution in [0.25, 0.3) is 17.1 Å². The van der Waals surface area contributed by atoms with Gasteiger partial charge in [-0.15, -0.1) is 0 Å². The minimum Gasteiger partial charge on any atom is -0.348 e. The predicted molar refractivity (Wildman–Crippen MR) is 99.5 cm³/mol. The Morgan fingerprint density at radius 2 is 1.93 bits per heavy atom. The molecule has 4 aromatic rings. The van der Waals surface area contributed by atoms with Gasteiger partial charge in [0.2, 0.25) is 5.82 Å². The quantitative estimate of drug-likeness (QED) is 0.537. The number of nitrogens with zero attached hydrogens (tertiary/aromatic N) is 4. The molecule has 2 aromatic carbocycles. The zero-order chi connectivity index (χ0) is 21.1. The highest BCUT2D eigenvalue weighted by molar-refractivity contribution is 5.95. The van der Waals surface area contributed by atoms with Crippen molar-refractivity contribution in [2.75, 3.05) is 0 Å². The Morgan fingerprint density at radius 3 is 2.60 bits per heavy atom. The van der Waals surface area contributed by atoms with E-state index in [2.05, 4.69) is 25.0 Å². The van der Waals surface area contributed by atoms with Crippen LogP contribution in [0.5, 0.6) is 0 Å². The summed E-state index contributed by atoms with van der Waals surface area (Å²) in [6.07, 6.45) is 0.463. The molecular formula is C20H14F3N5O2. The Kier molecular flexibility index (Phi) is 5.05. The molecule has 2 heterocycles. The van der Waals surface area contributed by atoms with Crippen LogP contribution >= 0.6 is 0 Å². The third-order valence-electron chi connectivity index (χ3n) is 4.24. The number of amides is 1. The molecule has 0 bridgehead atoms. The number of imidazole rings is 1. The van der Waals surface area contributed by atoms with Gasteiger partial charge in [-0.05, 0) is 29.8 Å². The number of hydrogen-bond acceptors (Lipinski definition) is 5. The summed E-state index contributed by atoms with van der Waals surface area (Å²) in [7, 11) is 0. The first-order chi connectivity index (χ1) is 14.4. The van der Waals surface area contributed by atoms with E-state index in [-0.39, 0.29) is 29.4 Å². The lowest BCUT2D eigenvalue weighted by Crippen LogP contribution is -2.22. The maximum Gasteiger partial charge on any atom is 0.471 e. The van der Waals surface area contributed by atoms with Crippen LogP contribution in [-0.4, -0.2) is 25.6 Å². The lowest BCUT2D eigenvalue weighted by Gasteiger charge is -2.08. The first kappa shape index (κ1) is 19.4. The molecule has 0 atom stereocenters. The number of nitrogens with one attached hydrogen (secondary N) is 1. The molecule has 0 saturated heterocycles. The summed E-state index contributed by atoms with van der Waals surface area (Å²) in [6.45, 7) is 0.285. The van der Waals surface area contributed by atoms with Gasteiger partial charge in [0.15, 0.2) is 0 Å². The molecular weight excluding hydrogens is 399 g/mol. The highest BCUT2D eigenvalue weighted by Crippen LogP contribution is 2.29. The van der Waals surface area contributed by atoms with Crippen LogP contribution in [0.3, 0.4) is 0 Å². The number of aromatic nitrogens is 4. The van der Waals surface area contributed by atoms with Gasteiger partial charge >= 0.3 is 12.1 Å². The number of rotatable bonds is 5. The van der Waals surface area contributed by atoms with Crippen LogP contribution in [0.2, 0.25) is 0 Å². The molecule has 1 N–H and O–H groups in total. The van der Waals surface area contributed by atoms with E-state index < -0.39 is 12.1 Å². The van der Waals surface area contributed by atoms with E-state index in [1.807, 2.05) is 35.0 Å². The molecule has 10 heteroatoms. The zero-order valence-electron chi connectivity index (χ0n) is 15.3. The third-order valence-corrected chi connectivity index (χ3v) is 4.24.